The number of anilines is 2. The summed E-state index contributed by atoms with van der Waals surface area (Å²) in [7, 11) is -3.68. The molecule has 1 fully saturated rings. The van der Waals surface area contributed by atoms with Crippen LogP contribution < -0.4 is 14.9 Å². The smallest absolute Gasteiger partial charge is 0.263 e. The highest BCUT2D eigenvalue weighted by Gasteiger charge is 2.32. The molecule has 2 N–H and O–H groups in total. The molecule has 7 nitrogen and oxygen atoms in total. The van der Waals surface area contributed by atoms with E-state index in [0.29, 0.717) is 17.4 Å². The molecule has 0 radical (unpaired) electrons. The summed E-state index contributed by atoms with van der Waals surface area (Å²) in [5.74, 6) is 0.0187. The van der Waals surface area contributed by atoms with Gasteiger partial charge in [0.25, 0.3) is 10.0 Å². The van der Waals surface area contributed by atoms with Gasteiger partial charge in [-0.1, -0.05) is 13.8 Å². The van der Waals surface area contributed by atoms with Gasteiger partial charge in [-0.2, -0.15) is 0 Å². The first-order valence-corrected chi connectivity index (χ1v) is 10.3. The molecule has 0 saturated carbocycles. The number of thiazole rings is 1. The van der Waals surface area contributed by atoms with Crippen molar-refractivity contribution >= 4 is 38.1 Å². The van der Waals surface area contributed by atoms with Crippen molar-refractivity contribution in [3.8, 4) is 0 Å². The maximum absolute atomic E-state index is 12.5. The van der Waals surface area contributed by atoms with E-state index in [-0.39, 0.29) is 22.9 Å². The molecule has 0 bridgehead atoms. The average molecular weight is 380 g/mol. The number of aromatic nitrogens is 1. The topological polar surface area (TPSA) is 91.4 Å². The van der Waals surface area contributed by atoms with Gasteiger partial charge < -0.3 is 10.2 Å². The van der Waals surface area contributed by atoms with Gasteiger partial charge in [0, 0.05) is 29.9 Å². The van der Waals surface area contributed by atoms with Crippen LogP contribution in [-0.4, -0.2) is 37.9 Å². The molecule has 1 aromatic carbocycles. The second-order valence-electron chi connectivity index (χ2n) is 6.09. The lowest BCUT2D eigenvalue weighted by Crippen LogP contribution is -2.41. The third kappa shape index (κ3) is 4.00. The van der Waals surface area contributed by atoms with E-state index in [1.165, 1.54) is 29.7 Å². The van der Waals surface area contributed by atoms with Crippen LogP contribution in [-0.2, 0) is 14.8 Å². The number of nitrogens with one attached hydrogen (secondary N) is 2. The molecule has 9 heteroatoms. The van der Waals surface area contributed by atoms with Gasteiger partial charge in [0.15, 0.2) is 5.13 Å². The average Bonchev–Trinajstić information content (AvgIpc) is 3.18. The number of carbonyl (C=O) groups is 1. The summed E-state index contributed by atoms with van der Waals surface area (Å²) in [6.07, 6.45) is 2.27. The molecule has 134 valence electrons. The number of rotatable bonds is 6. The number of hydrogen-bond acceptors (Lipinski definition) is 6. The van der Waals surface area contributed by atoms with Gasteiger partial charge in [0.05, 0.1) is 10.9 Å². The van der Waals surface area contributed by atoms with Crippen molar-refractivity contribution in [2.75, 3.05) is 16.2 Å². The first kappa shape index (κ1) is 17.8. The van der Waals surface area contributed by atoms with E-state index < -0.39 is 10.0 Å². The van der Waals surface area contributed by atoms with Gasteiger partial charge >= 0.3 is 0 Å². The number of carbonyl (C=O) groups excluding carboxylic acids is 1. The van der Waals surface area contributed by atoms with Crippen molar-refractivity contribution < 1.29 is 13.2 Å². The summed E-state index contributed by atoms with van der Waals surface area (Å²) < 4.78 is 27.1. The van der Waals surface area contributed by atoms with E-state index >= 15 is 0 Å². The van der Waals surface area contributed by atoms with E-state index in [9.17, 15) is 13.2 Å². The molecule has 1 amide bonds. The Morgan fingerprint density at radius 3 is 2.60 bits per heavy atom. The molecule has 1 atom stereocenters. The van der Waals surface area contributed by atoms with Crippen LogP contribution in [0.4, 0.5) is 10.8 Å². The molecule has 1 saturated heterocycles. The van der Waals surface area contributed by atoms with Gasteiger partial charge in [-0.05, 0) is 30.7 Å². The Balaban J connectivity index is 1.73. The summed E-state index contributed by atoms with van der Waals surface area (Å²) >= 11 is 1.21. The van der Waals surface area contributed by atoms with Crippen LogP contribution in [0.1, 0.15) is 20.3 Å². The maximum Gasteiger partial charge on any atom is 0.263 e. The number of hydrogen-bond donors (Lipinski definition) is 2. The summed E-state index contributed by atoms with van der Waals surface area (Å²) in [5.41, 5.74) is 0.700. The van der Waals surface area contributed by atoms with Gasteiger partial charge in [-0.15, -0.1) is 11.3 Å². The summed E-state index contributed by atoms with van der Waals surface area (Å²) in [6, 6.07) is 6.37. The van der Waals surface area contributed by atoms with Crippen molar-refractivity contribution in [3.05, 3.63) is 35.8 Å². The highest BCUT2D eigenvalue weighted by molar-refractivity contribution is 7.93. The van der Waals surface area contributed by atoms with Crippen molar-refractivity contribution in [1.82, 2.24) is 10.3 Å². The largest absolute Gasteiger partial charge is 0.311 e. The van der Waals surface area contributed by atoms with Crippen molar-refractivity contribution in [2.45, 2.75) is 37.2 Å². The SMILES string of the molecule is CC(C)N[C@H]1CCN(c2ccc(S(=O)(=O)Nc3nccs3)cc2)C1=O. The molecule has 0 aliphatic carbocycles. The number of sulfonamides is 1. The van der Waals surface area contributed by atoms with Crippen molar-refractivity contribution in [3.63, 3.8) is 0 Å². The van der Waals surface area contributed by atoms with E-state index in [0.717, 1.165) is 6.42 Å². The Morgan fingerprint density at radius 1 is 1.28 bits per heavy atom. The molecular formula is C16H20N4O3S2. The van der Waals surface area contributed by atoms with Crippen LogP contribution in [0.15, 0.2) is 40.7 Å². The monoisotopic (exact) mass is 380 g/mol. The van der Waals surface area contributed by atoms with E-state index in [1.807, 2.05) is 13.8 Å². The minimum atomic E-state index is -3.68. The third-order valence-electron chi connectivity index (χ3n) is 3.85. The van der Waals surface area contributed by atoms with Crippen LogP contribution in [0, 0.1) is 0 Å². The molecule has 25 heavy (non-hydrogen) atoms. The van der Waals surface area contributed by atoms with E-state index in [2.05, 4.69) is 15.0 Å². The summed E-state index contributed by atoms with van der Waals surface area (Å²) in [6.45, 7) is 4.63. The number of amides is 1. The molecule has 1 aliphatic heterocycles. The van der Waals surface area contributed by atoms with Gasteiger partial charge in [0.2, 0.25) is 5.91 Å². The first-order chi connectivity index (χ1) is 11.9. The molecule has 2 heterocycles. The second-order valence-corrected chi connectivity index (χ2v) is 8.67. The van der Waals surface area contributed by atoms with Crippen molar-refractivity contribution in [2.24, 2.45) is 0 Å². The van der Waals surface area contributed by atoms with Gasteiger partial charge in [-0.25, -0.2) is 13.4 Å². The summed E-state index contributed by atoms with van der Waals surface area (Å²) in [4.78, 5) is 18.2. The Kier molecular flexibility index (Phi) is 5.07. The van der Waals surface area contributed by atoms with Gasteiger partial charge in [-0.3, -0.25) is 9.52 Å². The zero-order valence-electron chi connectivity index (χ0n) is 14.0. The van der Waals surface area contributed by atoms with Gasteiger partial charge in [0.1, 0.15) is 0 Å². The Labute approximate surface area is 151 Å². The lowest BCUT2D eigenvalue weighted by atomic mass is 10.2. The van der Waals surface area contributed by atoms with Crippen LogP contribution >= 0.6 is 11.3 Å². The highest BCUT2D eigenvalue weighted by Crippen LogP contribution is 2.25. The highest BCUT2D eigenvalue weighted by atomic mass is 32.2. The molecule has 1 aliphatic rings. The molecule has 3 rings (SSSR count). The first-order valence-electron chi connectivity index (χ1n) is 7.96. The molecule has 2 aromatic rings. The molecular weight excluding hydrogens is 360 g/mol. The summed E-state index contributed by atoms with van der Waals surface area (Å²) in [5, 5.41) is 5.27. The predicted molar refractivity (Wildman–Crippen MR) is 98.4 cm³/mol. The second kappa shape index (κ2) is 7.11. The van der Waals surface area contributed by atoms with Crippen molar-refractivity contribution in [1.29, 1.82) is 0 Å². The van der Waals surface area contributed by atoms with Crippen LogP contribution in [0.3, 0.4) is 0 Å². The molecule has 1 aromatic heterocycles. The van der Waals surface area contributed by atoms with Crippen LogP contribution in [0.5, 0.6) is 0 Å². The fourth-order valence-corrected chi connectivity index (χ4v) is 4.53. The minimum Gasteiger partial charge on any atom is -0.311 e. The fraction of sp³-hybridized carbons (Fsp3) is 0.375. The zero-order valence-corrected chi connectivity index (χ0v) is 15.6. The normalized spacial score (nSPS) is 18.1. The Hall–Kier alpha value is -1.97. The molecule has 0 spiro atoms. The number of benzene rings is 1. The number of nitrogens with zero attached hydrogens (tertiary/aromatic N) is 2. The molecule has 0 unspecified atom stereocenters. The Morgan fingerprint density at radius 2 is 2.00 bits per heavy atom. The maximum atomic E-state index is 12.5. The lowest BCUT2D eigenvalue weighted by molar-refractivity contribution is -0.118. The van der Waals surface area contributed by atoms with Crippen LogP contribution in [0.25, 0.3) is 0 Å². The van der Waals surface area contributed by atoms with E-state index in [4.69, 9.17) is 0 Å². The van der Waals surface area contributed by atoms with E-state index in [1.54, 1.807) is 22.4 Å². The standard InChI is InChI=1S/C16H20N4O3S2/c1-11(2)18-14-7-9-20(15(14)21)12-3-5-13(6-4-12)25(22,23)19-16-17-8-10-24-16/h3-6,8,10-11,14,18H,7,9H2,1-2H3,(H,17,19)/t14-/m0/s1. The Bertz CT molecular complexity index is 833. The zero-order chi connectivity index (χ0) is 18.0. The third-order valence-corrected chi connectivity index (χ3v) is 6.03. The minimum absolute atomic E-state index is 0.0187. The lowest BCUT2D eigenvalue weighted by Gasteiger charge is -2.18. The fourth-order valence-electron chi connectivity index (χ4n) is 2.75. The quantitative estimate of drug-likeness (QED) is 0.800. The predicted octanol–water partition coefficient (Wildman–Crippen LogP) is 2.05. The van der Waals surface area contributed by atoms with Crippen LogP contribution in [0.2, 0.25) is 0 Å².